The second-order valence-electron chi connectivity index (χ2n) is 8.55. The molecule has 5 rings (SSSR count). The number of aryl methyl sites for hydroxylation is 2. The average molecular weight is 491 g/mol. The van der Waals surface area contributed by atoms with Gasteiger partial charge in [-0.15, -0.1) is 22.7 Å². The van der Waals surface area contributed by atoms with Gasteiger partial charge >= 0.3 is 5.97 Å². The number of nitrogens with zero attached hydrogens (tertiary/aromatic N) is 1. The Labute approximate surface area is 206 Å². The fourth-order valence-corrected chi connectivity index (χ4v) is 6.66. The van der Waals surface area contributed by atoms with E-state index in [1.807, 2.05) is 36.4 Å². The minimum absolute atomic E-state index is 0.243. The van der Waals surface area contributed by atoms with Gasteiger partial charge in [-0.3, -0.25) is 4.79 Å². The zero-order valence-electron chi connectivity index (χ0n) is 19.3. The molecule has 0 saturated carbocycles. The molecule has 1 amide bonds. The average Bonchev–Trinajstić information content (AvgIpc) is 3.41. The topological polar surface area (TPSA) is 68.3 Å². The summed E-state index contributed by atoms with van der Waals surface area (Å²) < 4.78 is 5.12. The summed E-state index contributed by atoms with van der Waals surface area (Å²) in [6, 6.07) is 13.6. The van der Waals surface area contributed by atoms with Gasteiger partial charge in [-0.2, -0.15) is 0 Å². The summed E-state index contributed by atoms with van der Waals surface area (Å²) in [6.45, 7) is 2.06. The molecule has 1 aromatic carbocycles. The van der Waals surface area contributed by atoms with Crippen molar-refractivity contribution in [2.75, 3.05) is 12.4 Å². The molecule has 4 aromatic rings. The van der Waals surface area contributed by atoms with Gasteiger partial charge < -0.3 is 10.1 Å². The van der Waals surface area contributed by atoms with Crippen LogP contribution in [-0.4, -0.2) is 24.0 Å². The highest BCUT2D eigenvalue weighted by molar-refractivity contribution is 7.17. The Bertz CT molecular complexity index is 1390. The van der Waals surface area contributed by atoms with Gasteiger partial charge in [0.25, 0.3) is 5.91 Å². The number of ether oxygens (including phenoxy) is 1. The molecule has 0 spiro atoms. The number of esters is 1. The van der Waals surface area contributed by atoms with Crippen molar-refractivity contribution in [2.24, 2.45) is 0 Å². The quantitative estimate of drug-likeness (QED) is 0.312. The minimum atomic E-state index is -0.386. The van der Waals surface area contributed by atoms with Crippen molar-refractivity contribution in [2.45, 2.75) is 45.4 Å². The molecule has 1 aliphatic rings. The zero-order chi connectivity index (χ0) is 23.7. The Hall–Kier alpha value is -3.03. The number of aromatic nitrogens is 1. The molecule has 0 aliphatic heterocycles. The predicted octanol–water partition coefficient (Wildman–Crippen LogP) is 7.03. The van der Waals surface area contributed by atoms with Crippen LogP contribution in [-0.2, 0) is 17.6 Å². The van der Waals surface area contributed by atoms with Crippen LogP contribution in [0.15, 0.2) is 42.5 Å². The summed E-state index contributed by atoms with van der Waals surface area (Å²) in [6.07, 6.45) is 6.26. The number of carbonyl (C=O) groups is 2. The lowest BCUT2D eigenvalue weighted by atomic mass is 9.96. The first-order valence-electron chi connectivity index (χ1n) is 11.6. The van der Waals surface area contributed by atoms with E-state index < -0.39 is 0 Å². The summed E-state index contributed by atoms with van der Waals surface area (Å²) >= 11 is 3.17. The normalized spacial score (nSPS) is 13.7. The van der Waals surface area contributed by atoms with E-state index in [1.54, 1.807) is 11.3 Å². The number of rotatable bonds is 4. The van der Waals surface area contributed by atoms with E-state index in [0.29, 0.717) is 16.1 Å². The molecule has 0 radical (unpaired) electrons. The third-order valence-electron chi connectivity index (χ3n) is 6.24. The van der Waals surface area contributed by atoms with E-state index in [1.165, 1.54) is 34.6 Å². The maximum atomic E-state index is 13.6. The van der Waals surface area contributed by atoms with Crippen molar-refractivity contribution in [3.05, 3.63) is 68.9 Å². The van der Waals surface area contributed by atoms with E-state index >= 15 is 0 Å². The first-order valence-corrected chi connectivity index (χ1v) is 13.2. The number of pyridine rings is 1. The molecule has 0 unspecified atom stereocenters. The third kappa shape index (κ3) is 4.38. The van der Waals surface area contributed by atoms with E-state index in [2.05, 4.69) is 18.3 Å². The summed E-state index contributed by atoms with van der Waals surface area (Å²) in [7, 11) is 1.40. The van der Waals surface area contributed by atoms with Crippen LogP contribution >= 0.6 is 22.7 Å². The third-order valence-corrected chi connectivity index (χ3v) is 8.47. The highest BCUT2D eigenvalue weighted by Crippen LogP contribution is 2.38. The maximum absolute atomic E-state index is 13.6. The molecular formula is C27H26N2O3S2. The number of anilines is 1. The molecule has 34 heavy (non-hydrogen) atoms. The Balaban J connectivity index is 1.58. The number of fused-ring (bicyclic) bond motifs is 2. The molecule has 0 fully saturated rings. The molecule has 0 saturated heterocycles. The number of methoxy groups -OCH3 is 1. The van der Waals surface area contributed by atoms with Gasteiger partial charge in [0, 0.05) is 15.1 Å². The molecule has 5 nitrogen and oxygen atoms in total. The van der Waals surface area contributed by atoms with Crippen LogP contribution in [0.2, 0.25) is 0 Å². The smallest absolute Gasteiger partial charge is 0.341 e. The second kappa shape index (κ2) is 9.68. The second-order valence-corrected chi connectivity index (χ2v) is 10.9. The number of para-hydroxylation sites is 1. The van der Waals surface area contributed by atoms with Crippen molar-refractivity contribution >= 4 is 50.5 Å². The van der Waals surface area contributed by atoms with Gasteiger partial charge in [-0.25, -0.2) is 9.78 Å². The molecule has 3 aromatic heterocycles. The van der Waals surface area contributed by atoms with Gasteiger partial charge in [0.15, 0.2) is 0 Å². The molecule has 174 valence electrons. The maximum Gasteiger partial charge on any atom is 0.341 e. The van der Waals surface area contributed by atoms with Crippen molar-refractivity contribution in [3.63, 3.8) is 0 Å². The molecule has 7 heteroatoms. The molecule has 0 bridgehead atoms. The van der Waals surface area contributed by atoms with Crippen LogP contribution in [0.1, 0.15) is 61.7 Å². The monoisotopic (exact) mass is 490 g/mol. The van der Waals surface area contributed by atoms with Crippen molar-refractivity contribution in [3.8, 4) is 10.6 Å². The lowest BCUT2D eigenvalue weighted by molar-refractivity contribution is 0.0601. The highest BCUT2D eigenvalue weighted by atomic mass is 32.1. The SMILES string of the molecule is COC(=O)c1c(NC(=O)c2cc(-c3ccc(C)s3)nc3ccccc23)sc2c1CCCCCC2. The largest absolute Gasteiger partial charge is 0.465 e. The molecule has 3 heterocycles. The summed E-state index contributed by atoms with van der Waals surface area (Å²) in [4.78, 5) is 34.6. The first kappa shape index (κ1) is 22.7. The summed E-state index contributed by atoms with van der Waals surface area (Å²) in [5.41, 5.74) is 3.64. The van der Waals surface area contributed by atoms with Crippen LogP contribution in [0.25, 0.3) is 21.5 Å². The van der Waals surface area contributed by atoms with Crippen LogP contribution in [0.5, 0.6) is 0 Å². The number of hydrogen-bond acceptors (Lipinski definition) is 6. The van der Waals surface area contributed by atoms with E-state index in [4.69, 9.17) is 9.72 Å². The van der Waals surface area contributed by atoms with Gasteiger partial charge in [0.1, 0.15) is 5.00 Å². The molecular weight excluding hydrogens is 464 g/mol. The molecule has 1 aliphatic carbocycles. The summed E-state index contributed by atoms with van der Waals surface area (Å²) in [5.74, 6) is -0.629. The number of nitrogens with one attached hydrogen (secondary N) is 1. The Morgan fingerprint density at radius 2 is 1.79 bits per heavy atom. The van der Waals surface area contributed by atoms with Gasteiger partial charge in [-0.1, -0.05) is 31.0 Å². The van der Waals surface area contributed by atoms with Crippen molar-refractivity contribution in [1.29, 1.82) is 0 Å². The van der Waals surface area contributed by atoms with E-state index in [0.717, 1.165) is 59.1 Å². The Morgan fingerprint density at radius 3 is 2.56 bits per heavy atom. The number of hydrogen-bond donors (Lipinski definition) is 1. The zero-order valence-corrected chi connectivity index (χ0v) is 20.9. The lowest BCUT2D eigenvalue weighted by Crippen LogP contribution is -2.15. The van der Waals surface area contributed by atoms with Gasteiger partial charge in [-0.05, 0) is 62.4 Å². The fourth-order valence-electron chi connectivity index (χ4n) is 4.56. The lowest BCUT2D eigenvalue weighted by Gasteiger charge is -2.11. The van der Waals surface area contributed by atoms with Crippen LogP contribution in [0, 0.1) is 6.92 Å². The van der Waals surface area contributed by atoms with E-state index in [9.17, 15) is 9.59 Å². The Kier molecular flexibility index (Phi) is 6.48. The van der Waals surface area contributed by atoms with Crippen LogP contribution in [0.4, 0.5) is 5.00 Å². The minimum Gasteiger partial charge on any atom is -0.465 e. The number of amides is 1. The predicted molar refractivity (Wildman–Crippen MR) is 139 cm³/mol. The van der Waals surface area contributed by atoms with Crippen LogP contribution < -0.4 is 5.32 Å². The van der Waals surface area contributed by atoms with Crippen LogP contribution in [0.3, 0.4) is 0 Å². The van der Waals surface area contributed by atoms with Gasteiger partial charge in [0.05, 0.1) is 34.3 Å². The van der Waals surface area contributed by atoms with E-state index in [-0.39, 0.29) is 11.9 Å². The van der Waals surface area contributed by atoms with Gasteiger partial charge in [0.2, 0.25) is 0 Å². The van der Waals surface area contributed by atoms with Crippen molar-refractivity contribution < 1.29 is 14.3 Å². The Morgan fingerprint density at radius 1 is 1.00 bits per heavy atom. The first-order chi connectivity index (χ1) is 16.5. The number of benzene rings is 1. The summed E-state index contributed by atoms with van der Waals surface area (Å²) in [5, 5.41) is 4.44. The van der Waals surface area contributed by atoms with Crippen molar-refractivity contribution in [1.82, 2.24) is 4.98 Å². The highest BCUT2D eigenvalue weighted by Gasteiger charge is 2.26. The molecule has 0 atom stereocenters. The standard InChI is InChI=1S/C27H26N2O3S2/c1-16-13-14-23(33-16)21-15-19(17-9-7-8-11-20(17)28-21)25(30)29-26-24(27(31)32-2)18-10-5-3-4-6-12-22(18)34-26/h7-9,11,13-15H,3-6,10,12H2,1-2H3,(H,29,30). The number of thiophene rings is 2. The fraction of sp³-hybridized carbons (Fsp3) is 0.296. The number of carbonyl (C=O) groups excluding carboxylic acids is 2. The molecule has 1 N–H and O–H groups in total.